The fourth-order valence-corrected chi connectivity index (χ4v) is 1.57. The highest BCUT2D eigenvalue weighted by Crippen LogP contribution is 2.39. The van der Waals surface area contributed by atoms with Crippen LogP contribution >= 0.6 is 0 Å². The molecule has 0 aromatic carbocycles. The van der Waals surface area contributed by atoms with Gasteiger partial charge in [0, 0.05) is 12.5 Å². The van der Waals surface area contributed by atoms with Crippen LogP contribution in [0.25, 0.3) is 0 Å². The standard InChI is InChI=1S/C13H20O4/c1-3-5-12(14)17-9-11-8-10(11)6-7-13(15)16-4-2/h6-7,10-11H,3-5,8-9H2,1-2H3/b7-6+/t10-,11-/m0/s1. The van der Waals surface area contributed by atoms with E-state index in [0.29, 0.717) is 31.5 Å². The zero-order valence-electron chi connectivity index (χ0n) is 10.5. The second-order valence-electron chi connectivity index (χ2n) is 4.20. The minimum Gasteiger partial charge on any atom is -0.465 e. The van der Waals surface area contributed by atoms with E-state index < -0.39 is 0 Å². The maximum Gasteiger partial charge on any atom is 0.330 e. The minimum absolute atomic E-state index is 0.132. The molecule has 0 aromatic rings. The maximum absolute atomic E-state index is 11.1. The molecule has 1 fully saturated rings. The molecule has 0 heterocycles. The van der Waals surface area contributed by atoms with Gasteiger partial charge in [-0.1, -0.05) is 13.0 Å². The van der Waals surface area contributed by atoms with Gasteiger partial charge < -0.3 is 9.47 Å². The van der Waals surface area contributed by atoms with E-state index in [-0.39, 0.29) is 11.9 Å². The summed E-state index contributed by atoms with van der Waals surface area (Å²) in [6.07, 6.45) is 5.58. The van der Waals surface area contributed by atoms with E-state index in [1.165, 1.54) is 6.08 Å². The van der Waals surface area contributed by atoms with E-state index >= 15 is 0 Å². The zero-order chi connectivity index (χ0) is 12.7. The van der Waals surface area contributed by atoms with Crippen molar-refractivity contribution in [3.8, 4) is 0 Å². The lowest BCUT2D eigenvalue weighted by molar-refractivity contribution is -0.144. The first kappa shape index (κ1) is 13.7. The Morgan fingerprint density at radius 2 is 2.06 bits per heavy atom. The molecule has 0 amide bonds. The number of esters is 2. The quantitative estimate of drug-likeness (QED) is 0.505. The fraction of sp³-hybridized carbons (Fsp3) is 0.692. The van der Waals surface area contributed by atoms with Gasteiger partial charge in [0.15, 0.2) is 0 Å². The molecule has 0 aromatic heterocycles. The van der Waals surface area contributed by atoms with Gasteiger partial charge in [0.2, 0.25) is 0 Å². The molecule has 1 saturated carbocycles. The van der Waals surface area contributed by atoms with Crippen molar-refractivity contribution in [1.82, 2.24) is 0 Å². The number of hydrogen-bond acceptors (Lipinski definition) is 4. The molecule has 4 nitrogen and oxygen atoms in total. The lowest BCUT2D eigenvalue weighted by Gasteiger charge is -2.01. The molecule has 1 aliphatic rings. The number of carbonyl (C=O) groups is 2. The summed E-state index contributed by atoms with van der Waals surface area (Å²) in [5.74, 6) is 0.295. The molecule has 0 saturated heterocycles. The van der Waals surface area contributed by atoms with Crippen LogP contribution in [0.3, 0.4) is 0 Å². The van der Waals surface area contributed by atoms with E-state index in [2.05, 4.69) is 0 Å². The molecular weight excluding hydrogens is 220 g/mol. The Balaban J connectivity index is 2.12. The van der Waals surface area contributed by atoms with Gasteiger partial charge >= 0.3 is 11.9 Å². The number of hydrogen-bond donors (Lipinski definition) is 0. The average Bonchev–Trinajstić information content (AvgIpc) is 3.03. The molecule has 0 aliphatic heterocycles. The van der Waals surface area contributed by atoms with Crippen LogP contribution in [0.1, 0.15) is 33.1 Å². The first-order chi connectivity index (χ1) is 8.17. The fourth-order valence-electron chi connectivity index (χ4n) is 1.57. The molecule has 0 bridgehead atoms. The lowest BCUT2D eigenvalue weighted by Crippen LogP contribution is -2.06. The van der Waals surface area contributed by atoms with Crippen LogP contribution in [0.15, 0.2) is 12.2 Å². The second kappa shape index (κ2) is 7.09. The summed E-state index contributed by atoms with van der Waals surface area (Å²) in [5, 5.41) is 0. The molecule has 0 spiro atoms. The minimum atomic E-state index is -0.305. The summed E-state index contributed by atoms with van der Waals surface area (Å²) in [6, 6.07) is 0. The lowest BCUT2D eigenvalue weighted by atomic mass is 10.3. The van der Waals surface area contributed by atoms with Crippen molar-refractivity contribution in [3.63, 3.8) is 0 Å². The van der Waals surface area contributed by atoms with Crippen LogP contribution in [0.5, 0.6) is 0 Å². The SMILES string of the molecule is CCCC(=O)OC[C@@H]1C[C@@H]1/C=C/C(=O)OCC. The molecule has 0 unspecified atom stereocenters. The summed E-state index contributed by atoms with van der Waals surface area (Å²) >= 11 is 0. The van der Waals surface area contributed by atoms with Gasteiger partial charge in [0.05, 0.1) is 13.2 Å². The molecule has 0 radical (unpaired) electrons. The van der Waals surface area contributed by atoms with E-state index in [1.807, 2.05) is 13.0 Å². The largest absolute Gasteiger partial charge is 0.465 e. The molecule has 4 heteroatoms. The number of carbonyl (C=O) groups excluding carboxylic acids is 2. The predicted molar refractivity (Wildman–Crippen MR) is 63.2 cm³/mol. The van der Waals surface area contributed by atoms with E-state index in [1.54, 1.807) is 6.92 Å². The third-order valence-corrected chi connectivity index (χ3v) is 2.66. The highest BCUT2D eigenvalue weighted by molar-refractivity contribution is 5.81. The smallest absolute Gasteiger partial charge is 0.330 e. The monoisotopic (exact) mass is 240 g/mol. The van der Waals surface area contributed by atoms with Gasteiger partial charge in [-0.15, -0.1) is 0 Å². The van der Waals surface area contributed by atoms with Crippen molar-refractivity contribution in [2.45, 2.75) is 33.1 Å². The number of rotatable bonds is 7. The van der Waals surface area contributed by atoms with Crippen molar-refractivity contribution in [3.05, 3.63) is 12.2 Å². The second-order valence-corrected chi connectivity index (χ2v) is 4.20. The Labute approximate surface area is 102 Å². The molecule has 1 aliphatic carbocycles. The van der Waals surface area contributed by atoms with Crippen molar-refractivity contribution < 1.29 is 19.1 Å². The van der Waals surface area contributed by atoms with Gasteiger partial charge in [-0.25, -0.2) is 4.79 Å². The molecule has 1 rings (SSSR count). The van der Waals surface area contributed by atoms with Gasteiger partial charge in [-0.05, 0) is 31.6 Å². The van der Waals surface area contributed by atoms with Crippen molar-refractivity contribution in [2.24, 2.45) is 11.8 Å². The summed E-state index contributed by atoms with van der Waals surface area (Å²) in [5.41, 5.74) is 0. The topological polar surface area (TPSA) is 52.6 Å². The molecule has 17 heavy (non-hydrogen) atoms. The van der Waals surface area contributed by atoms with Gasteiger partial charge in [0.1, 0.15) is 0 Å². The van der Waals surface area contributed by atoms with E-state index in [0.717, 1.165) is 12.8 Å². The van der Waals surface area contributed by atoms with Gasteiger partial charge in [-0.2, -0.15) is 0 Å². The highest BCUT2D eigenvalue weighted by atomic mass is 16.5. The van der Waals surface area contributed by atoms with Crippen molar-refractivity contribution >= 4 is 11.9 Å². The Hall–Kier alpha value is -1.32. The van der Waals surface area contributed by atoms with Crippen molar-refractivity contribution in [1.29, 1.82) is 0 Å². The summed E-state index contributed by atoms with van der Waals surface area (Å²) < 4.78 is 9.88. The first-order valence-corrected chi connectivity index (χ1v) is 6.18. The normalized spacial score (nSPS) is 22.5. The molecule has 2 atom stereocenters. The molecule has 0 N–H and O–H groups in total. The third-order valence-electron chi connectivity index (χ3n) is 2.66. The summed E-state index contributed by atoms with van der Waals surface area (Å²) in [4.78, 5) is 22.2. The number of allylic oxidation sites excluding steroid dienone is 1. The van der Waals surface area contributed by atoms with Crippen LogP contribution < -0.4 is 0 Å². The van der Waals surface area contributed by atoms with Crippen LogP contribution in [0.2, 0.25) is 0 Å². The van der Waals surface area contributed by atoms with Crippen molar-refractivity contribution in [2.75, 3.05) is 13.2 Å². The van der Waals surface area contributed by atoms with Gasteiger partial charge in [0.25, 0.3) is 0 Å². The summed E-state index contributed by atoms with van der Waals surface area (Å²) in [6.45, 7) is 4.59. The Morgan fingerprint density at radius 1 is 1.29 bits per heavy atom. The van der Waals surface area contributed by atoms with Crippen LogP contribution in [-0.4, -0.2) is 25.2 Å². The van der Waals surface area contributed by atoms with Gasteiger partial charge in [-0.3, -0.25) is 4.79 Å². The third kappa shape index (κ3) is 5.52. The highest BCUT2D eigenvalue weighted by Gasteiger charge is 2.35. The molecular formula is C13H20O4. The maximum atomic E-state index is 11.1. The Bertz CT molecular complexity index is 296. The zero-order valence-corrected chi connectivity index (χ0v) is 10.5. The summed E-state index contributed by atoms with van der Waals surface area (Å²) in [7, 11) is 0. The first-order valence-electron chi connectivity index (χ1n) is 6.18. The Kier molecular flexibility index (Phi) is 5.73. The van der Waals surface area contributed by atoms with E-state index in [9.17, 15) is 9.59 Å². The number of ether oxygens (including phenoxy) is 2. The molecule has 96 valence electrons. The van der Waals surface area contributed by atoms with Crippen LogP contribution in [0.4, 0.5) is 0 Å². The average molecular weight is 240 g/mol. The predicted octanol–water partition coefficient (Wildman–Crippen LogP) is 2.09. The van der Waals surface area contributed by atoms with Crippen LogP contribution in [0, 0.1) is 11.8 Å². The van der Waals surface area contributed by atoms with E-state index in [4.69, 9.17) is 9.47 Å². The Morgan fingerprint density at radius 3 is 2.71 bits per heavy atom. The van der Waals surface area contributed by atoms with Crippen LogP contribution in [-0.2, 0) is 19.1 Å².